The molecule has 2 aliphatic heterocycles. The molecule has 6 heteroatoms. The maximum atomic E-state index is 12.0. The summed E-state index contributed by atoms with van der Waals surface area (Å²) < 4.78 is 9.50. The van der Waals surface area contributed by atoms with Gasteiger partial charge in [0, 0.05) is 0 Å². The van der Waals surface area contributed by atoms with Crippen LogP contribution >= 0.6 is 0 Å². The van der Waals surface area contributed by atoms with E-state index in [1.165, 1.54) is 0 Å². The number of cyclic esters (lactones) is 4. The van der Waals surface area contributed by atoms with E-state index in [2.05, 4.69) is 0 Å². The molecule has 0 N–H and O–H groups in total. The van der Waals surface area contributed by atoms with Crippen molar-refractivity contribution in [3.63, 3.8) is 0 Å². The van der Waals surface area contributed by atoms with Crippen LogP contribution in [0, 0.1) is 23.7 Å². The maximum absolute atomic E-state index is 12.0. The first-order valence-electron chi connectivity index (χ1n) is 7.87. The van der Waals surface area contributed by atoms with Crippen molar-refractivity contribution in [1.82, 2.24) is 0 Å². The Morgan fingerprint density at radius 1 is 1.04 bits per heavy atom. The van der Waals surface area contributed by atoms with E-state index in [0.717, 1.165) is 24.0 Å². The molecule has 0 spiro atoms. The van der Waals surface area contributed by atoms with Gasteiger partial charge in [-0.1, -0.05) is 11.6 Å². The molecule has 0 radical (unpaired) electrons. The van der Waals surface area contributed by atoms with Crippen LogP contribution in [0.4, 0.5) is 0 Å². The second-order valence-electron chi connectivity index (χ2n) is 6.77. The largest absolute Gasteiger partial charge is 0.393 e. The van der Waals surface area contributed by atoms with Gasteiger partial charge < -0.3 is 9.47 Å². The topological polar surface area (TPSA) is 86.7 Å². The predicted molar refractivity (Wildman–Crippen MR) is 75.4 cm³/mol. The van der Waals surface area contributed by atoms with Crippen LogP contribution in [0.2, 0.25) is 0 Å². The summed E-state index contributed by atoms with van der Waals surface area (Å²) in [7, 11) is 0. The second kappa shape index (κ2) is 4.88. The van der Waals surface area contributed by atoms with Gasteiger partial charge in [0.15, 0.2) is 0 Å². The summed E-state index contributed by atoms with van der Waals surface area (Å²) in [4.78, 5) is 47.5. The minimum atomic E-state index is -0.621. The lowest BCUT2D eigenvalue weighted by molar-refractivity contribution is -0.156. The molecule has 23 heavy (non-hydrogen) atoms. The zero-order valence-electron chi connectivity index (χ0n) is 12.7. The summed E-state index contributed by atoms with van der Waals surface area (Å²) >= 11 is 0. The van der Waals surface area contributed by atoms with E-state index in [4.69, 9.17) is 9.47 Å². The number of carbonyl (C=O) groups is 4. The summed E-state index contributed by atoms with van der Waals surface area (Å²) in [6, 6.07) is 0. The van der Waals surface area contributed by atoms with Crippen molar-refractivity contribution in [1.29, 1.82) is 0 Å². The lowest BCUT2D eigenvalue weighted by atomic mass is 9.62. The number of hydrogen-bond donors (Lipinski definition) is 0. The maximum Gasteiger partial charge on any atom is 0.342 e. The van der Waals surface area contributed by atoms with Crippen LogP contribution in [0.1, 0.15) is 32.6 Å². The SMILES string of the molecule is CC1=CC2=C3C(=O)OC(=O)C3CC(C3CC(=O)OC3=O)C2CC1. The molecule has 0 saturated carbocycles. The quantitative estimate of drug-likeness (QED) is 0.537. The molecule has 2 aliphatic carbocycles. The summed E-state index contributed by atoms with van der Waals surface area (Å²) in [5, 5.41) is 0. The van der Waals surface area contributed by atoms with Crippen LogP contribution in [-0.2, 0) is 28.7 Å². The highest BCUT2D eigenvalue weighted by Gasteiger charge is 2.53. The first kappa shape index (κ1) is 14.4. The fraction of sp³-hybridized carbons (Fsp3) is 0.529. The number of carbonyl (C=O) groups excluding carboxylic acids is 4. The number of rotatable bonds is 1. The van der Waals surface area contributed by atoms with Crippen LogP contribution in [0.15, 0.2) is 22.8 Å². The molecule has 0 aromatic heterocycles. The van der Waals surface area contributed by atoms with Gasteiger partial charge in [-0.15, -0.1) is 0 Å². The fourth-order valence-electron chi connectivity index (χ4n) is 4.42. The van der Waals surface area contributed by atoms with Gasteiger partial charge in [0.1, 0.15) is 0 Å². The Hall–Kier alpha value is -2.24. The van der Waals surface area contributed by atoms with E-state index >= 15 is 0 Å². The van der Waals surface area contributed by atoms with Crippen molar-refractivity contribution in [2.75, 3.05) is 0 Å². The Labute approximate surface area is 132 Å². The van der Waals surface area contributed by atoms with E-state index in [1.807, 2.05) is 13.0 Å². The van der Waals surface area contributed by atoms with Crippen molar-refractivity contribution >= 4 is 23.9 Å². The molecular weight excluding hydrogens is 300 g/mol. The van der Waals surface area contributed by atoms with Crippen LogP contribution in [-0.4, -0.2) is 23.9 Å². The van der Waals surface area contributed by atoms with Crippen molar-refractivity contribution in [2.45, 2.75) is 32.6 Å². The Morgan fingerprint density at radius 2 is 1.83 bits per heavy atom. The van der Waals surface area contributed by atoms with Crippen molar-refractivity contribution in [2.24, 2.45) is 23.7 Å². The van der Waals surface area contributed by atoms with Gasteiger partial charge in [-0.25, -0.2) is 4.79 Å². The molecule has 120 valence electrons. The molecule has 4 unspecified atom stereocenters. The number of allylic oxidation sites excluding steroid dienone is 3. The molecule has 0 bridgehead atoms. The van der Waals surface area contributed by atoms with Crippen molar-refractivity contribution < 1.29 is 28.7 Å². The van der Waals surface area contributed by atoms with E-state index in [1.54, 1.807) is 0 Å². The van der Waals surface area contributed by atoms with E-state index < -0.39 is 35.7 Å². The lowest BCUT2D eigenvalue weighted by Gasteiger charge is -2.38. The lowest BCUT2D eigenvalue weighted by Crippen LogP contribution is -2.36. The molecule has 4 aliphatic rings. The Bertz CT molecular complexity index is 713. The molecule has 6 nitrogen and oxygen atoms in total. The smallest absolute Gasteiger partial charge is 0.342 e. The third-order valence-corrected chi connectivity index (χ3v) is 5.45. The Morgan fingerprint density at radius 3 is 2.52 bits per heavy atom. The minimum absolute atomic E-state index is 0.00755. The third kappa shape index (κ3) is 2.08. The Kier molecular flexibility index (Phi) is 3.04. The zero-order valence-corrected chi connectivity index (χ0v) is 12.7. The van der Waals surface area contributed by atoms with Gasteiger partial charge in [-0.3, -0.25) is 14.4 Å². The monoisotopic (exact) mass is 316 g/mol. The minimum Gasteiger partial charge on any atom is -0.393 e. The summed E-state index contributed by atoms with van der Waals surface area (Å²) in [6.45, 7) is 1.98. The average molecular weight is 316 g/mol. The van der Waals surface area contributed by atoms with E-state index in [0.29, 0.717) is 12.0 Å². The van der Waals surface area contributed by atoms with Crippen molar-refractivity contribution in [3.05, 3.63) is 22.8 Å². The first-order valence-corrected chi connectivity index (χ1v) is 7.87. The highest BCUT2D eigenvalue weighted by molar-refractivity contribution is 6.08. The molecule has 4 rings (SSSR count). The zero-order chi connectivity index (χ0) is 16.3. The molecule has 4 atom stereocenters. The molecule has 0 amide bonds. The average Bonchev–Trinajstić information content (AvgIpc) is 2.97. The summed E-state index contributed by atoms with van der Waals surface area (Å²) in [5.41, 5.74) is 2.41. The third-order valence-electron chi connectivity index (χ3n) is 5.45. The van der Waals surface area contributed by atoms with Gasteiger partial charge in [0.2, 0.25) is 0 Å². The molecular formula is C17H16O6. The normalized spacial score (nSPS) is 36.5. The molecule has 0 aromatic rings. The van der Waals surface area contributed by atoms with Crippen LogP contribution in [0.3, 0.4) is 0 Å². The Balaban J connectivity index is 1.80. The van der Waals surface area contributed by atoms with Gasteiger partial charge >= 0.3 is 23.9 Å². The molecule has 2 fully saturated rings. The summed E-state index contributed by atoms with van der Waals surface area (Å²) in [5.74, 6) is -3.45. The first-order chi connectivity index (χ1) is 11.0. The number of fused-ring (bicyclic) bond motifs is 2. The fourth-order valence-corrected chi connectivity index (χ4v) is 4.42. The molecule has 2 saturated heterocycles. The van der Waals surface area contributed by atoms with E-state index in [9.17, 15) is 19.2 Å². The van der Waals surface area contributed by atoms with Gasteiger partial charge in [-0.2, -0.15) is 0 Å². The standard InChI is InChI=1S/C17H16O6/c1-7-2-3-8-9(11-6-13(18)22-15(11)19)5-12-14(10(8)4-7)17(21)23-16(12)20/h4,8-9,11-12H,2-3,5-6H2,1H3. The van der Waals surface area contributed by atoms with Gasteiger partial charge in [-0.05, 0) is 43.6 Å². The number of esters is 4. The van der Waals surface area contributed by atoms with Crippen molar-refractivity contribution in [3.8, 4) is 0 Å². The van der Waals surface area contributed by atoms with Gasteiger partial charge in [0.25, 0.3) is 0 Å². The van der Waals surface area contributed by atoms with Crippen LogP contribution in [0.5, 0.6) is 0 Å². The molecule has 2 heterocycles. The summed E-state index contributed by atoms with van der Waals surface area (Å²) in [6.07, 6.45) is 4.05. The van der Waals surface area contributed by atoms with E-state index in [-0.39, 0.29) is 18.3 Å². The van der Waals surface area contributed by atoms with Crippen LogP contribution in [0.25, 0.3) is 0 Å². The van der Waals surface area contributed by atoms with Gasteiger partial charge in [0.05, 0.1) is 23.8 Å². The highest BCUT2D eigenvalue weighted by Crippen LogP contribution is 2.51. The second-order valence-corrected chi connectivity index (χ2v) is 6.77. The number of ether oxygens (including phenoxy) is 2. The highest BCUT2D eigenvalue weighted by atomic mass is 16.6. The predicted octanol–water partition coefficient (Wildman–Crippen LogP) is 1.45. The van der Waals surface area contributed by atoms with Crippen LogP contribution < -0.4 is 0 Å². The molecule has 0 aromatic carbocycles. The number of hydrogen-bond acceptors (Lipinski definition) is 6.